The number of carbonyl (C=O) groups excluding carboxylic acids is 3. The number of carbonyl (C=O) groups is 3. The number of fused-ring (bicyclic) bond motifs is 1. The highest BCUT2D eigenvalue weighted by atomic mass is 16.6. The molecule has 2 amide bonds. The van der Waals surface area contributed by atoms with Crippen LogP contribution in [0, 0.1) is 0 Å². The monoisotopic (exact) mass is 508 g/mol. The number of rotatable bonds is 6. The summed E-state index contributed by atoms with van der Waals surface area (Å²) in [6.45, 7) is 10.7. The molecule has 1 unspecified atom stereocenters. The van der Waals surface area contributed by atoms with Gasteiger partial charge in [0.25, 0.3) is 0 Å². The van der Waals surface area contributed by atoms with E-state index in [4.69, 9.17) is 14.2 Å². The van der Waals surface area contributed by atoms with Crippen LogP contribution in [0.1, 0.15) is 79.6 Å². The third-order valence-electron chi connectivity index (χ3n) is 6.65. The predicted octanol–water partition coefficient (Wildman–Crippen LogP) is 5.63. The van der Waals surface area contributed by atoms with E-state index >= 15 is 0 Å². The van der Waals surface area contributed by atoms with Crippen molar-refractivity contribution in [2.24, 2.45) is 0 Å². The number of nitrogens with zero attached hydrogens (tertiary/aromatic N) is 2. The Hall–Kier alpha value is -3.55. The van der Waals surface area contributed by atoms with Crippen molar-refractivity contribution in [2.75, 3.05) is 7.11 Å². The molecular weight excluding hydrogens is 472 g/mol. The molecule has 0 bridgehead atoms. The van der Waals surface area contributed by atoms with Gasteiger partial charge in [-0.1, -0.05) is 30.3 Å². The molecule has 0 aromatic heterocycles. The predicted molar refractivity (Wildman–Crippen MR) is 138 cm³/mol. The molecule has 1 saturated carbocycles. The lowest BCUT2D eigenvalue weighted by molar-refractivity contribution is 0.0167. The smallest absolute Gasteiger partial charge is 0.410 e. The number of hydrogen-bond acceptors (Lipinski definition) is 6. The van der Waals surface area contributed by atoms with Gasteiger partial charge in [0.15, 0.2) is 0 Å². The summed E-state index contributed by atoms with van der Waals surface area (Å²) in [5.41, 5.74) is 3.91. The lowest BCUT2D eigenvalue weighted by atomic mass is 10.1. The first-order valence-corrected chi connectivity index (χ1v) is 12.7. The fourth-order valence-corrected chi connectivity index (χ4v) is 4.76. The van der Waals surface area contributed by atoms with E-state index in [9.17, 15) is 14.4 Å². The van der Waals surface area contributed by atoms with Crippen LogP contribution in [0.2, 0.25) is 0 Å². The van der Waals surface area contributed by atoms with Crippen LogP contribution in [-0.4, -0.2) is 52.8 Å². The number of amides is 2. The van der Waals surface area contributed by atoms with Gasteiger partial charge in [-0.15, -0.1) is 0 Å². The van der Waals surface area contributed by atoms with Crippen molar-refractivity contribution in [2.45, 2.75) is 84.3 Å². The maximum absolute atomic E-state index is 12.7. The van der Waals surface area contributed by atoms with Crippen molar-refractivity contribution < 1.29 is 28.6 Å². The van der Waals surface area contributed by atoms with E-state index in [0.717, 1.165) is 28.7 Å². The Morgan fingerprint density at radius 2 is 1.70 bits per heavy atom. The van der Waals surface area contributed by atoms with Gasteiger partial charge in [-0.25, -0.2) is 14.4 Å². The summed E-state index contributed by atoms with van der Waals surface area (Å²) in [5.74, 6) is -0.129. The lowest BCUT2D eigenvalue weighted by Gasteiger charge is -2.30. The molecule has 2 atom stereocenters. The van der Waals surface area contributed by atoms with Gasteiger partial charge in [0, 0.05) is 31.1 Å². The van der Waals surface area contributed by atoms with Crippen molar-refractivity contribution in [1.82, 2.24) is 9.80 Å². The summed E-state index contributed by atoms with van der Waals surface area (Å²) in [6.07, 6.45) is 0.232. The molecule has 8 nitrogen and oxygen atoms in total. The van der Waals surface area contributed by atoms with Gasteiger partial charge in [0.1, 0.15) is 12.2 Å². The molecule has 0 saturated heterocycles. The fraction of sp³-hybridized carbons (Fsp3) is 0.483. The van der Waals surface area contributed by atoms with E-state index in [0.29, 0.717) is 18.7 Å². The normalized spacial score (nSPS) is 18.3. The van der Waals surface area contributed by atoms with E-state index in [-0.39, 0.29) is 30.7 Å². The highest BCUT2D eigenvalue weighted by Gasteiger charge is 2.47. The zero-order valence-corrected chi connectivity index (χ0v) is 22.4. The summed E-state index contributed by atoms with van der Waals surface area (Å²) in [5, 5.41) is 0. The first-order valence-electron chi connectivity index (χ1n) is 12.7. The van der Waals surface area contributed by atoms with Gasteiger partial charge in [-0.05, 0) is 75.4 Å². The number of esters is 1. The minimum atomic E-state index is -0.530. The molecule has 0 spiro atoms. The Morgan fingerprint density at radius 3 is 2.32 bits per heavy atom. The molecule has 2 aromatic rings. The van der Waals surface area contributed by atoms with Gasteiger partial charge in [0.05, 0.1) is 12.7 Å². The Morgan fingerprint density at radius 1 is 1.03 bits per heavy atom. The van der Waals surface area contributed by atoms with Crippen LogP contribution in [0.25, 0.3) is 0 Å². The molecule has 0 radical (unpaired) electrons. The number of methoxy groups -OCH3 is 1. The van der Waals surface area contributed by atoms with E-state index in [1.807, 2.05) is 69.9 Å². The summed E-state index contributed by atoms with van der Waals surface area (Å²) >= 11 is 0. The molecule has 37 heavy (non-hydrogen) atoms. The van der Waals surface area contributed by atoms with Crippen LogP contribution in [0.5, 0.6) is 0 Å². The van der Waals surface area contributed by atoms with Crippen molar-refractivity contribution in [3.63, 3.8) is 0 Å². The topological polar surface area (TPSA) is 85.4 Å². The Kier molecular flexibility index (Phi) is 7.48. The van der Waals surface area contributed by atoms with Crippen LogP contribution >= 0.6 is 0 Å². The second-order valence-electron chi connectivity index (χ2n) is 11.0. The minimum Gasteiger partial charge on any atom is -0.465 e. The molecule has 8 heteroatoms. The molecule has 2 aromatic carbocycles. The van der Waals surface area contributed by atoms with E-state index in [1.165, 1.54) is 7.11 Å². The van der Waals surface area contributed by atoms with Gasteiger partial charge in [-0.2, -0.15) is 0 Å². The van der Waals surface area contributed by atoms with Crippen LogP contribution in [0.4, 0.5) is 9.59 Å². The molecule has 2 aliphatic rings. The molecule has 198 valence electrons. The van der Waals surface area contributed by atoms with Crippen molar-refractivity contribution in [3.8, 4) is 0 Å². The number of benzene rings is 2. The maximum Gasteiger partial charge on any atom is 0.410 e. The standard InChI is InChI=1S/C29H36N2O6/c1-18(2)31(28(34)37-29(3,4)5)25-14-24(25)20-9-7-19(8-10-20)17-36-27(33)30-15-22-12-11-21(26(32)35-6)13-23(22)16-30/h7-13,18,24-25H,14-17H2,1-6H3/t24?,25-/m0/s1. The summed E-state index contributed by atoms with van der Waals surface area (Å²) < 4.78 is 15.9. The summed E-state index contributed by atoms with van der Waals surface area (Å²) in [6, 6.07) is 13.5. The summed E-state index contributed by atoms with van der Waals surface area (Å²) in [7, 11) is 1.35. The molecule has 1 aliphatic carbocycles. The summed E-state index contributed by atoms with van der Waals surface area (Å²) in [4.78, 5) is 40.6. The van der Waals surface area contributed by atoms with Gasteiger partial charge < -0.3 is 19.1 Å². The maximum atomic E-state index is 12.7. The van der Waals surface area contributed by atoms with Crippen molar-refractivity contribution >= 4 is 18.2 Å². The molecule has 1 aliphatic heterocycles. The van der Waals surface area contributed by atoms with Crippen LogP contribution in [0.3, 0.4) is 0 Å². The molecule has 4 rings (SSSR count). The highest BCUT2D eigenvalue weighted by Crippen LogP contribution is 2.46. The average molecular weight is 509 g/mol. The van der Waals surface area contributed by atoms with Crippen LogP contribution in [0.15, 0.2) is 42.5 Å². The molecule has 1 heterocycles. The Balaban J connectivity index is 1.30. The second kappa shape index (κ2) is 10.4. The average Bonchev–Trinajstić information content (AvgIpc) is 3.48. The Labute approximate surface area is 218 Å². The van der Waals surface area contributed by atoms with Gasteiger partial charge in [-0.3, -0.25) is 4.90 Å². The molecule has 0 N–H and O–H groups in total. The van der Waals surface area contributed by atoms with Crippen LogP contribution in [-0.2, 0) is 33.9 Å². The van der Waals surface area contributed by atoms with E-state index in [2.05, 4.69) is 0 Å². The quantitative estimate of drug-likeness (QED) is 0.372. The largest absolute Gasteiger partial charge is 0.465 e. The molecular formula is C29H36N2O6. The van der Waals surface area contributed by atoms with E-state index < -0.39 is 17.7 Å². The van der Waals surface area contributed by atoms with E-state index in [1.54, 1.807) is 17.0 Å². The van der Waals surface area contributed by atoms with Gasteiger partial charge in [0.2, 0.25) is 0 Å². The first-order chi connectivity index (χ1) is 17.5. The van der Waals surface area contributed by atoms with Crippen LogP contribution < -0.4 is 0 Å². The van der Waals surface area contributed by atoms with Crippen molar-refractivity contribution in [3.05, 3.63) is 70.3 Å². The lowest BCUT2D eigenvalue weighted by Crippen LogP contribution is -2.42. The number of ether oxygens (including phenoxy) is 3. The second-order valence-corrected chi connectivity index (χ2v) is 11.0. The van der Waals surface area contributed by atoms with Crippen molar-refractivity contribution in [1.29, 1.82) is 0 Å². The zero-order chi connectivity index (χ0) is 26.9. The minimum absolute atomic E-state index is 0.0484. The number of hydrogen-bond donors (Lipinski definition) is 0. The molecule has 1 fully saturated rings. The first kappa shape index (κ1) is 26.5. The fourth-order valence-electron chi connectivity index (χ4n) is 4.76. The third-order valence-corrected chi connectivity index (χ3v) is 6.65. The van der Waals surface area contributed by atoms with Gasteiger partial charge >= 0.3 is 18.2 Å². The third kappa shape index (κ3) is 6.24. The SMILES string of the molecule is COC(=O)c1ccc2c(c1)CN(C(=O)OCc1ccc(C3C[C@@H]3N(C(=O)OC(C)(C)C)C(C)C)cc1)C2. The Bertz CT molecular complexity index is 1170. The zero-order valence-electron chi connectivity index (χ0n) is 22.4. The highest BCUT2D eigenvalue weighted by molar-refractivity contribution is 5.89.